The van der Waals surface area contributed by atoms with Crippen LogP contribution >= 0.6 is 0 Å². The molecule has 0 aliphatic heterocycles. The molecule has 5 nitrogen and oxygen atoms in total. The fraction of sp³-hybridized carbons (Fsp3) is 0.375. The summed E-state index contributed by atoms with van der Waals surface area (Å²) in [6.45, 7) is 4.86. The summed E-state index contributed by atoms with van der Waals surface area (Å²) < 4.78 is 6.69. The van der Waals surface area contributed by atoms with Crippen molar-refractivity contribution in [3.63, 3.8) is 0 Å². The van der Waals surface area contributed by atoms with Crippen molar-refractivity contribution in [3.8, 4) is 0 Å². The van der Waals surface area contributed by atoms with Crippen molar-refractivity contribution in [2.45, 2.75) is 26.4 Å². The van der Waals surface area contributed by atoms with Gasteiger partial charge in [-0.1, -0.05) is 13.8 Å². The highest BCUT2D eigenvalue weighted by Crippen LogP contribution is 2.19. The summed E-state index contributed by atoms with van der Waals surface area (Å²) >= 11 is 0. The second-order valence-corrected chi connectivity index (χ2v) is 5.42. The molecule has 2 rings (SSSR count). The fourth-order valence-electron chi connectivity index (χ4n) is 2.08. The van der Waals surface area contributed by atoms with Crippen LogP contribution in [0.1, 0.15) is 41.5 Å². The molecular formula is C16H21N3O2. The Morgan fingerprint density at radius 1 is 1.38 bits per heavy atom. The molecule has 5 heteroatoms. The summed E-state index contributed by atoms with van der Waals surface area (Å²) in [4.78, 5) is 15.6. The molecule has 2 aromatic rings. The SMILES string of the molecule is COC(=O)c1ccc(Cn2ccc(C(N)C(C)C)c2)nc1. The molecule has 2 aromatic heterocycles. The molecule has 0 radical (unpaired) electrons. The number of pyridine rings is 1. The van der Waals surface area contributed by atoms with E-state index in [9.17, 15) is 4.79 Å². The van der Waals surface area contributed by atoms with E-state index >= 15 is 0 Å². The normalized spacial score (nSPS) is 12.4. The lowest BCUT2D eigenvalue weighted by Crippen LogP contribution is -2.16. The van der Waals surface area contributed by atoms with Crippen LogP contribution in [0.25, 0.3) is 0 Å². The fourth-order valence-corrected chi connectivity index (χ4v) is 2.08. The molecule has 112 valence electrons. The summed E-state index contributed by atoms with van der Waals surface area (Å²) in [5.74, 6) is 0.0264. The number of nitrogens with zero attached hydrogens (tertiary/aromatic N) is 2. The van der Waals surface area contributed by atoms with Crippen LogP contribution in [0, 0.1) is 5.92 Å². The van der Waals surface area contributed by atoms with E-state index in [0.29, 0.717) is 18.0 Å². The zero-order valence-corrected chi connectivity index (χ0v) is 12.6. The number of methoxy groups -OCH3 is 1. The molecule has 1 unspecified atom stereocenters. The number of aromatic nitrogens is 2. The van der Waals surface area contributed by atoms with Gasteiger partial charge in [0.15, 0.2) is 0 Å². The number of carbonyl (C=O) groups is 1. The van der Waals surface area contributed by atoms with E-state index in [1.165, 1.54) is 13.3 Å². The van der Waals surface area contributed by atoms with Crippen molar-refractivity contribution in [2.24, 2.45) is 11.7 Å². The zero-order valence-electron chi connectivity index (χ0n) is 12.6. The van der Waals surface area contributed by atoms with E-state index in [1.807, 2.05) is 29.1 Å². The van der Waals surface area contributed by atoms with Gasteiger partial charge in [0.25, 0.3) is 0 Å². The van der Waals surface area contributed by atoms with Crippen LogP contribution in [-0.2, 0) is 11.3 Å². The van der Waals surface area contributed by atoms with Gasteiger partial charge in [-0.05, 0) is 29.7 Å². The Bertz CT molecular complexity index is 602. The molecule has 0 saturated carbocycles. The average molecular weight is 287 g/mol. The first-order chi connectivity index (χ1) is 10.0. The number of ether oxygens (including phenoxy) is 1. The highest BCUT2D eigenvalue weighted by molar-refractivity contribution is 5.88. The number of carbonyl (C=O) groups excluding carboxylic acids is 1. The van der Waals surface area contributed by atoms with E-state index < -0.39 is 0 Å². The maximum Gasteiger partial charge on any atom is 0.339 e. The Balaban J connectivity index is 2.07. The molecule has 0 amide bonds. The highest BCUT2D eigenvalue weighted by Gasteiger charge is 2.12. The highest BCUT2D eigenvalue weighted by atomic mass is 16.5. The van der Waals surface area contributed by atoms with Gasteiger partial charge >= 0.3 is 5.97 Å². The van der Waals surface area contributed by atoms with Gasteiger partial charge in [0.05, 0.1) is 24.9 Å². The smallest absolute Gasteiger partial charge is 0.339 e. The van der Waals surface area contributed by atoms with E-state index in [1.54, 1.807) is 6.07 Å². The van der Waals surface area contributed by atoms with Crippen molar-refractivity contribution < 1.29 is 9.53 Å². The first-order valence-corrected chi connectivity index (χ1v) is 6.95. The predicted octanol–water partition coefficient (Wildman–Crippen LogP) is 2.37. The molecule has 2 N–H and O–H groups in total. The van der Waals surface area contributed by atoms with Crippen molar-refractivity contribution in [1.29, 1.82) is 0 Å². The minimum absolute atomic E-state index is 0.0425. The van der Waals surface area contributed by atoms with Crippen molar-refractivity contribution in [1.82, 2.24) is 9.55 Å². The van der Waals surface area contributed by atoms with Gasteiger partial charge in [-0.2, -0.15) is 0 Å². The number of nitrogens with two attached hydrogens (primary N) is 1. The molecule has 0 spiro atoms. The predicted molar refractivity (Wildman–Crippen MR) is 80.9 cm³/mol. The largest absolute Gasteiger partial charge is 0.465 e. The van der Waals surface area contributed by atoms with E-state index in [4.69, 9.17) is 5.73 Å². The Kier molecular flexibility index (Phi) is 4.75. The van der Waals surface area contributed by atoms with Crippen LogP contribution in [0.5, 0.6) is 0 Å². The van der Waals surface area contributed by atoms with Gasteiger partial charge < -0.3 is 15.0 Å². The summed E-state index contributed by atoms with van der Waals surface area (Å²) in [5.41, 5.74) is 8.59. The molecule has 0 aliphatic rings. The summed E-state index contributed by atoms with van der Waals surface area (Å²) in [7, 11) is 1.36. The minimum atomic E-state index is -0.375. The third-order valence-electron chi connectivity index (χ3n) is 3.47. The van der Waals surface area contributed by atoms with Crippen molar-refractivity contribution in [2.75, 3.05) is 7.11 Å². The van der Waals surface area contributed by atoms with Gasteiger partial charge in [-0.15, -0.1) is 0 Å². The molecule has 1 atom stereocenters. The number of esters is 1. The summed E-state index contributed by atoms with van der Waals surface area (Å²) in [6.07, 6.45) is 5.57. The monoisotopic (exact) mass is 287 g/mol. The molecule has 0 aromatic carbocycles. The minimum Gasteiger partial charge on any atom is -0.465 e. The third-order valence-corrected chi connectivity index (χ3v) is 3.47. The Labute approximate surface area is 124 Å². The van der Waals surface area contributed by atoms with Crippen LogP contribution in [0.3, 0.4) is 0 Å². The summed E-state index contributed by atoms with van der Waals surface area (Å²) in [5, 5.41) is 0. The Morgan fingerprint density at radius 3 is 2.71 bits per heavy atom. The Morgan fingerprint density at radius 2 is 2.14 bits per heavy atom. The molecule has 0 bridgehead atoms. The second-order valence-electron chi connectivity index (χ2n) is 5.42. The lowest BCUT2D eigenvalue weighted by atomic mass is 10.00. The number of hydrogen-bond acceptors (Lipinski definition) is 4. The van der Waals surface area contributed by atoms with Crippen molar-refractivity contribution >= 4 is 5.97 Å². The van der Waals surface area contributed by atoms with Gasteiger partial charge in [-0.25, -0.2) is 4.79 Å². The van der Waals surface area contributed by atoms with Crippen LogP contribution in [0.15, 0.2) is 36.8 Å². The van der Waals surface area contributed by atoms with Gasteiger partial charge in [-0.3, -0.25) is 4.98 Å². The zero-order chi connectivity index (χ0) is 15.4. The number of rotatable bonds is 5. The van der Waals surface area contributed by atoms with Gasteiger partial charge in [0, 0.05) is 24.6 Å². The lowest BCUT2D eigenvalue weighted by molar-refractivity contribution is 0.0600. The first kappa shape index (κ1) is 15.3. The molecule has 0 saturated heterocycles. The molecule has 0 aliphatic carbocycles. The molecular weight excluding hydrogens is 266 g/mol. The standard InChI is InChI=1S/C16H21N3O2/c1-11(2)15(17)13-6-7-19(9-13)10-14-5-4-12(8-18-14)16(20)21-3/h4-9,11,15H,10,17H2,1-3H3. The quantitative estimate of drug-likeness (QED) is 0.857. The van der Waals surface area contributed by atoms with Gasteiger partial charge in [0.1, 0.15) is 0 Å². The molecule has 2 heterocycles. The average Bonchev–Trinajstić information content (AvgIpc) is 2.94. The van der Waals surface area contributed by atoms with Crippen LogP contribution in [-0.4, -0.2) is 22.6 Å². The summed E-state index contributed by atoms with van der Waals surface area (Å²) in [6, 6.07) is 5.63. The van der Waals surface area contributed by atoms with E-state index in [-0.39, 0.29) is 12.0 Å². The van der Waals surface area contributed by atoms with E-state index in [0.717, 1.165) is 11.3 Å². The van der Waals surface area contributed by atoms with E-state index in [2.05, 4.69) is 23.6 Å². The first-order valence-electron chi connectivity index (χ1n) is 6.95. The number of hydrogen-bond donors (Lipinski definition) is 1. The Hall–Kier alpha value is -2.14. The lowest BCUT2D eigenvalue weighted by Gasteiger charge is -2.13. The third kappa shape index (κ3) is 3.70. The van der Waals surface area contributed by atoms with Crippen LogP contribution < -0.4 is 5.73 Å². The van der Waals surface area contributed by atoms with Crippen molar-refractivity contribution in [3.05, 3.63) is 53.6 Å². The van der Waals surface area contributed by atoms with Crippen LogP contribution in [0.4, 0.5) is 0 Å². The van der Waals surface area contributed by atoms with Crippen LogP contribution in [0.2, 0.25) is 0 Å². The molecule has 21 heavy (non-hydrogen) atoms. The molecule has 0 fully saturated rings. The second kappa shape index (κ2) is 6.54. The maximum atomic E-state index is 11.3. The maximum absolute atomic E-state index is 11.3. The van der Waals surface area contributed by atoms with Gasteiger partial charge in [0.2, 0.25) is 0 Å². The topological polar surface area (TPSA) is 70.1 Å².